The van der Waals surface area contributed by atoms with Gasteiger partial charge in [-0.1, -0.05) is 12.1 Å². The van der Waals surface area contributed by atoms with Crippen molar-refractivity contribution in [3.8, 4) is 11.5 Å². The number of para-hydroxylation sites is 2. The summed E-state index contributed by atoms with van der Waals surface area (Å²) in [5.74, 6) is 1.19. The molecule has 0 aliphatic heterocycles. The maximum atomic E-state index is 12.9. The summed E-state index contributed by atoms with van der Waals surface area (Å²) in [7, 11) is -0.605. The first-order valence-corrected chi connectivity index (χ1v) is 8.71. The number of aryl methyl sites for hydroxylation is 1. The number of sulfonamides is 1. The minimum absolute atomic E-state index is 0.213. The van der Waals surface area contributed by atoms with E-state index in [-0.39, 0.29) is 4.90 Å². The first kappa shape index (κ1) is 17.1. The molecule has 0 aliphatic carbocycles. The zero-order chi connectivity index (χ0) is 17.0. The number of rotatable bonds is 6. The number of ether oxygens (including phenoxy) is 2. The molecule has 0 bridgehead atoms. The van der Waals surface area contributed by atoms with Gasteiger partial charge >= 0.3 is 0 Å². The molecule has 0 fully saturated rings. The van der Waals surface area contributed by atoms with Crippen LogP contribution in [0.2, 0.25) is 0 Å². The van der Waals surface area contributed by atoms with Crippen LogP contribution in [0.25, 0.3) is 0 Å². The lowest BCUT2D eigenvalue weighted by Crippen LogP contribution is -2.27. The molecule has 0 heterocycles. The van der Waals surface area contributed by atoms with Gasteiger partial charge in [0.1, 0.15) is 11.5 Å². The van der Waals surface area contributed by atoms with Crippen LogP contribution in [0.5, 0.6) is 11.5 Å². The fourth-order valence-electron chi connectivity index (χ4n) is 2.29. The number of hydrogen-bond donors (Lipinski definition) is 0. The average Bonchev–Trinajstić information content (AvgIpc) is 2.55. The maximum absolute atomic E-state index is 12.9. The van der Waals surface area contributed by atoms with Crippen molar-refractivity contribution in [3.05, 3.63) is 48.0 Å². The second-order valence-corrected chi connectivity index (χ2v) is 6.97. The number of benzene rings is 2. The van der Waals surface area contributed by atoms with Crippen LogP contribution in [0.15, 0.2) is 47.4 Å². The minimum Gasteiger partial charge on any atom is -0.496 e. The lowest BCUT2D eigenvalue weighted by molar-refractivity contribution is 0.341. The Morgan fingerprint density at radius 2 is 1.78 bits per heavy atom. The highest BCUT2D eigenvalue weighted by atomic mass is 32.2. The number of nitrogens with zero attached hydrogens (tertiary/aromatic N) is 1. The summed E-state index contributed by atoms with van der Waals surface area (Å²) in [6, 6.07) is 11.9. The molecule has 23 heavy (non-hydrogen) atoms. The lowest BCUT2D eigenvalue weighted by Gasteiger charge is -2.22. The summed E-state index contributed by atoms with van der Waals surface area (Å²) in [6.07, 6.45) is 0. The summed E-state index contributed by atoms with van der Waals surface area (Å²) in [6.45, 7) is 4.14. The topological polar surface area (TPSA) is 55.8 Å². The lowest BCUT2D eigenvalue weighted by atomic mass is 10.2. The van der Waals surface area contributed by atoms with Gasteiger partial charge < -0.3 is 9.47 Å². The van der Waals surface area contributed by atoms with Crippen molar-refractivity contribution in [1.29, 1.82) is 0 Å². The van der Waals surface area contributed by atoms with Crippen molar-refractivity contribution in [2.45, 2.75) is 18.7 Å². The third-order valence-electron chi connectivity index (χ3n) is 3.53. The molecule has 124 valence electrons. The maximum Gasteiger partial charge on any atom is 0.264 e. The predicted molar refractivity (Wildman–Crippen MR) is 90.9 cm³/mol. The third-order valence-corrected chi connectivity index (χ3v) is 5.30. The monoisotopic (exact) mass is 335 g/mol. The van der Waals surface area contributed by atoms with Gasteiger partial charge in [0, 0.05) is 7.05 Å². The van der Waals surface area contributed by atoms with Crippen molar-refractivity contribution >= 4 is 15.7 Å². The Kier molecular flexibility index (Phi) is 5.15. The highest BCUT2D eigenvalue weighted by molar-refractivity contribution is 7.92. The molecule has 0 saturated heterocycles. The number of methoxy groups -OCH3 is 1. The summed E-state index contributed by atoms with van der Waals surface area (Å²) in [4.78, 5) is 0.213. The zero-order valence-corrected chi connectivity index (χ0v) is 14.6. The Balaban J connectivity index is 2.45. The molecule has 6 heteroatoms. The molecule has 5 nitrogen and oxygen atoms in total. The molecule has 0 spiro atoms. The Bertz CT molecular complexity index is 787. The number of anilines is 1. The van der Waals surface area contributed by atoms with E-state index in [0.29, 0.717) is 23.8 Å². The van der Waals surface area contributed by atoms with Crippen LogP contribution >= 0.6 is 0 Å². The molecule has 0 aromatic heterocycles. The summed E-state index contributed by atoms with van der Waals surface area (Å²) < 4.78 is 37.7. The van der Waals surface area contributed by atoms with E-state index in [9.17, 15) is 8.42 Å². The molecular weight excluding hydrogens is 314 g/mol. The van der Waals surface area contributed by atoms with Gasteiger partial charge in [0.05, 0.1) is 24.3 Å². The van der Waals surface area contributed by atoms with Gasteiger partial charge in [-0.15, -0.1) is 0 Å². The molecule has 0 unspecified atom stereocenters. The normalized spacial score (nSPS) is 11.1. The second-order valence-electron chi connectivity index (χ2n) is 5.00. The van der Waals surface area contributed by atoms with Crippen molar-refractivity contribution in [3.63, 3.8) is 0 Å². The predicted octanol–water partition coefficient (Wildman–Crippen LogP) is 3.23. The molecular formula is C17H21NO4S. The van der Waals surface area contributed by atoms with E-state index < -0.39 is 10.0 Å². The van der Waals surface area contributed by atoms with Crippen molar-refractivity contribution in [2.75, 3.05) is 25.1 Å². The van der Waals surface area contributed by atoms with Crippen molar-refractivity contribution in [1.82, 2.24) is 0 Å². The van der Waals surface area contributed by atoms with E-state index in [1.807, 2.05) is 19.9 Å². The Hall–Kier alpha value is -2.21. The van der Waals surface area contributed by atoms with Crippen LogP contribution in [0.1, 0.15) is 12.5 Å². The molecule has 0 N–H and O–H groups in total. The van der Waals surface area contributed by atoms with Gasteiger partial charge in [0.15, 0.2) is 0 Å². The van der Waals surface area contributed by atoms with E-state index in [0.717, 1.165) is 5.56 Å². The van der Waals surface area contributed by atoms with Crippen LogP contribution in [-0.2, 0) is 10.0 Å². The quantitative estimate of drug-likeness (QED) is 0.813. The van der Waals surface area contributed by atoms with E-state index in [1.165, 1.54) is 11.4 Å². The van der Waals surface area contributed by atoms with Crippen LogP contribution in [-0.4, -0.2) is 29.2 Å². The van der Waals surface area contributed by atoms with Gasteiger partial charge in [-0.05, 0) is 49.7 Å². The molecule has 0 atom stereocenters. The van der Waals surface area contributed by atoms with Crippen molar-refractivity contribution in [2.24, 2.45) is 0 Å². The fourth-order valence-corrected chi connectivity index (χ4v) is 3.59. The molecule has 0 amide bonds. The molecule has 0 aliphatic rings. The SMILES string of the molecule is CCOc1ccccc1N(C)S(=O)(=O)c1ccc(OC)c(C)c1. The summed E-state index contributed by atoms with van der Waals surface area (Å²) in [5, 5.41) is 0. The van der Waals surface area contributed by atoms with E-state index in [4.69, 9.17) is 9.47 Å². The molecule has 2 rings (SSSR count). The highest BCUT2D eigenvalue weighted by Crippen LogP contribution is 2.32. The van der Waals surface area contributed by atoms with Crippen molar-refractivity contribution < 1.29 is 17.9 Å². The first-order chi connectivity index (χ1) is 10.9. The van der Waals surface area contributed by atoms with E-state index in [1.54, 1.807) is 43.5 Å². The molecule has 2 aromatic carbocycles. The standard InChI is InChI=1S/C17H21NO4S/c1-5-22-17-9-7-6-8-15(17)18(3)23(19,20)14-10-11-16(21-4)13(2)12-14/h6-12H,5H2,1-4H3. The minimum atomic E-state index is -3.68. The van der Waals surface area contributed by atoms with Crippen LogP contribution in [0, 0.1) is 6.92 Å². The Morgan fingerprint density at radius 1 is 1.09 bits per heavy atom. The smallest absolute Gasteiger partial charge is 0.264 e. The first-order valence-electron chi connectivity index (χ1n) is 7.27. The molecule has 0 saturated carbocycles. The van der Waals surface area contributed by atoms with Crippen LogP contribution in [0.4, 0.5) is 5.69 Å². The molecule has 0 radical (unpaired) electrons. The third kappa shape index (κ3) is 3.42. The Labute approximate surface area is 137 Å². The van der Waals surface area contributed by atoms with Gasteiger partial charge in [0.25, 0.3) is 10.0 Å². The summed E-state index contributed by atoms with van der Waals surface area (Å²) in [5.41, 5.74) is 1.27. The number of hydrogen-bond acceptors (Lipinski definition) is 4. The largest absolute Gasteiger partial charge is 0.496 e. The van der Waals surface area contributed by atoms with Gasteiger partial charge in [0.2, 0.25) is 0 Å². The van der Waals surface area contributed by atoms with Gasteiger partial charge in [-0.2, -0.15) is 0 Å². The van der Waals surface area contributed by atoms with Crippen LogP contribution < -0.4 is 13.8 Å². The second kappa shape index (κ2) is 6.91. The van der Waals surface area contributed by atoms with E-state index >= 15 is 0 Å². The highest BCUT2D eigenvalue weighted by Gasteiger charge is 2.24. The summed E-state index contributed by atoms with van der Waals surface area (Å²) >= 11 is 0. The average molecular weight is 335 g/mol. The van der Waals surface area contributed by atoms with E-state index in [2.05, 4.69) is 0 Å². The van der Waals surface area contributed by atoms with Gasteiger partial charge in [-0.25, -0.2) is 8.42 Å². The Morgan fingerprint density at radius 3 is 2.39 bits per heavy atom. The molecule has 2 aromatic rings. The van der Waals surface area contributed by atoms with Gasteiger partial charge in [-0.3, -0.25) is 4.31 Å². The fraction of sp³-hybridized carbons (Fsp3) is 0.294. The van der Waals surface area contributed by atoms with Crippen LogP contribution in [0.3, 0.4) is 0 Å². The zero-order valence-electron chi connectivity index (χ0n) is 13.7.